The van der Waals surface area contributed by atoms with Crippen molar-refractivity contribution in [2.45, 2.75) is 6.42 Å². The topological polar surface area (TPSA) is 29.1 Å². The highest BCUT2D eigenvalue weighted by Gasteiger charge is 2.06. The van der Waals surface area contributed by atoms with Gasteiger partial charge >= 0.3 is 0 Å². The molecule has 1 amide bonds. The second kappa shape index (κ2) is 4.10. The van der Waals surface area contributed by atoms with Crippen molar-refractivity contribution >= 4 is 30.1 Å². The summed E-state index contributed by atoms with van der Waals surface area (Å²) in [5.74, 6) is 0.0520. The summed E-state index contributed by atoms with van der Waals surface area (Å²) >= 11 is 0. The van der Waals surface area contributed by atoms with E-state index in [4.69, 9.17) is 0 Å². The van der Waals surface area contributed by atoms with Crippen molar-refractivity contribution in [2.75, 3.05) is 5.32 Å². The van der Waals surface area contributed by atoms with Gasteiger partial charge in [-0.2, -0.15) is 0 Å². The lowest BCUT2D eigenvalue weighted by Gasteiger charge is -2.03. The summed E-state index contributed by atoms with van der Waals surface area (Å²) in [6.07, 6.45) is 4.31. The molecule has 1 aliphatic heterocycles. The first-order valence-electron chi connectivity index (χ1n) is 3.92. The number of halogens is 1. The number of anilines is 1. The van der Waals surface area contributed by atoms with Gasteiger partial charge in [-0.3, -0.25) is 4.79 Å². The van der Waals surface area contributed by atoms with Gasteiger partial charge in [0.2, 0.25) is 5.91 Å². The lowest BCUT2D eigenvalue weighted by molar-refractivity contribution is -0.115. The summed E-state index contributed by atoms with van der Waals surface area (Å²) < 4.78 is 0. The van der Waals surface area contributed by atoms with Crippen LogP contribution in [0.5, 0.6) is 0 Å². The molecule has 0 fully saturated rings. The number of hydrogen-bond acceptors (Lipinski definition) is 1. The molecular formula is C10H10ClNO. The Balaban J connectivity index is 0.000000845. The Morgan fingerprint density at radius 3 is 2.85 bits per heavy atom. The highest BCUT2D eigenvalue weighted by atomic mass is 35.5. The van der Waals surface area contributed by atoms with Crippen LogP contribution in [0.4, 0.5) is 5.69 Å². The van der Waals surface area contributed by atoms with Gasteiger partial charge in [0.15, 0.2) is 0 Å². The van der Waals surface area contributed by atoms with Crippen LogP contribution in [0.15, 0.2) is 30.3 Å². The fourth-order valence-electron chi connectivity index (χ4n) is 1.25. The number of fused-ring (bicyclic) bond motifs is 1. The molecule has 0 bridgehead atoms. The summed E-state index contributed by atoms with van der Waals surface area (Å²) in [6, 6.07) is 7.76. The van der Waals surface area contributed by atoms with Crippen LogP contribution in [-0.4, -0.2) is 5.91 Å². The van der Waals surface area contributed by atoms with Gasteiger partial charge in [-0.25, -0.2) is 0 Å². The Kier molecular flexibility index (Phi) is 3.09. The first kappa shape index (κ1) is 9.81. The smallest absolute Gasteiger partial charge is 0.228 e. The lowest BCUT2D eigenvalue weighted by atomic mass is 10.2. The van der Waals surface area contributed by atoms with Gasteiger partial charge in [-0.05, 0) is 11.6 Å². The quantitative estimate of drug-likeness (QED) is 0.677. The standard InChI is InChI=1S/C10H9NO.ClH/c12-10-7-3-5-8-4-1-2-6-9(8)11-10;/h1-6H,7H2,(H,11,12);1H. The van der Waals surface area contributed by atoms with Crippen LogP contribution >= 0.6 is 12.4 Å². The van der Waals surface area contributed by atoms with Crippen molar-refractivity contribution in [1.82, 2.24) is 0 Å². The van der Waals surface area contributed by atoms with Crippen LogP contribution in [-0.2, 0) is 4.79 Å². The number of para-hydroxylation sites is 1. The zero-order valence-corrected chi connectivity index (χ0v) is 7.80. The van der Waals surface area contributed by atoms with Crippen molar-refractivity contribution in [3.63, 3.8) is 0 Å². The number of benzene rings is 1. The maximum atomic E-state index is 11.1. The summed E-state index contributed by atoms with van der Waals surface area (Å²) in [7, 11) is 0. The molecule has 1 N–H and O–H groups in total. The maximum Gasteiger partial charge on any atom is 0.228 e. The van der Waals surface area contributed by atoms with Crippen LogP contribution < -0.4 is 5.32 Å². The predicted molar refractivity (Wildman–Crippen MR) is 56.0 cm³/mol. The first-order valence-corrected chi connectivity index (χ1v) is 3.92. The molecule has 0 aromatic heterocycles. The maximum absolute atomic E-state index is 11.1. The molecule has 1 aromatic carbocycles. The minimum Gasteiger partial charge on any atom is -0.325 e. The molecule has 68 valence electrons. The largest absolute Gasteiger partial charge is 0.325 e. The Hall–Kier alpha value is -1.28. The predicted octanol–water partition coefficient (Wildman–Crippen LogP) is 2.46. The van der Waals surface area contributed by atoms with Gasteiger partial charge in [0.25, 0.3) is 0 Å². The number of nitrogens with one attached hydrogen (secondary N) is 1. The fourth-order valence-corrected chi connectivity index (χ4v) is 1.25. The van der Waals surface area contributed by atoms with E-state index in [9.17, 15) is 4.79 Å². The Bertz CT molecular complexity index is 347. The van der Waals surface area contributed by atoms with Crippen molar-refractivity contribution in [2.24, 2.45) is 0 Å². The molecule has 0 spiro atoms. The zero-order valence-electron chi connectivity index (χ0n) is 6.99. The van der Waals surface area contributed by atoms with Gasteiger partial charge in [0, 0.05) is 12.1 Å². The lowest BCUT2D eigenvalue weighted by Crippen LogP contribution is -2.08. The average Bonchev–Trinajstić information content (AvgIpc) is 2.25. The van der Waals surface area contributed by atoms with Crippen LogP contribution in [0.2, 0.25) is 0 Å². The van der Waals surface area contributed by atoms with E-state index in [1.165, 1.54) is 0 Å². The molecule has 1 aliphatic rings. The Morgan fingerprint density at radius 2 is 2.00 bits per heavy atom. The molecule has 1 heterocycles. The number of carbonyl (C=O) groups is 1. The fraction of sp³-hybridized carbons (Fsp3) is 0.100. The molecule has 3 heteroatoms. The van der Waals surface area contributed by atoms with E-state index >= 15 is 0 Å². The molecule has 0 unspecified atom stereocenters. The first-order chi connectivity index (χ1) is 5.86. The second-order valence-corrected chi connectivity index (χ2v) is 2.74. The molecule has 2 rings (SSSR count). The number of carbonyl (C=O) groups excluding carboxylic acids is 1. The minimum atomic E-state index is 0. The summed E-state index contributed by atoms with van der Waals surface area (Å²) in [5, 5.41) is 2.82. The summed E-state index contributed by atoms with van der Waals surface area (Å²) in [5.41, 5.74) is 1.97. The van der Waals surface area contributed by atoms with E-state index < -0.39 is 0 Å². The molecule has 0 aliphatic carbocycles. The highest BCUT2D eigenvalue weighted by molar-refractivity contribution is 5.96. The SMILES string of the molecule is Cl.O=C1CC=Cc2ccccc2N1. The molecule has 0 radical (unpaired) electrons. The number of hydrogen-bond donors (Lipinski definition) is 1. The van der Waals surface area contributed by atoms with E-state index in [0.717, 1.165) is 11.3 Å². The summed E-state index contributed by atoms with van der Waals surface area (Å²) in [6.45, 7) is 0. The van der Waals surface area contributed by atoms with E-state index in [2.05, 4.69) is 5.32 Å². The van der Waals surface area contributed by atoms with Gasteiger partial charge < -0.3 is 5.32 Å². The van der Waals surface area contributed by atoms with E-state index in [0.29, 0.717) is 6.42 Å². The third kappa shape index (κ3) is 2.10. The molecule has 1 aromatic rings. The molecule has 13 heavy (non-hydrogen) atoms. The van der Waals surface area contributed by atoms with Crippen LogP contribution in [0.1, 0.15) is 12.0 Å². The Labute approximate surface area is 83.1 Å². The highest BCUT2D eigenvalue weighted by Crippen LogP contribution is 2.19. The average molecular weight is 196 g/mol. The van der Waals surface area contributed by atoms with E-state index in [-0.39, 0.29) is 18.3 Å². The number of amides is 1. The van der Waals surface area contributed by atoms with Crippen molar-refractivity contribution in [3.8, 4) is 0 Å². The molecular weight excluding hydrogens is 186 g/mol. The normalized spacial score (nSPS) is 13.7. The van der Waals surface area contributed by atoms with Gasteiger partial charge in [-0.1, -0.05) is 30.4 Å². The third-order valence-corrected chi connectivity index (χ3v) is 1.84. The van der Waals surface area contributed by atoms with Crippen molar-refractivity contribution < 1.29 is 4.79 Å². The zero-order chi connectivity index (χ0) is 8.39. The van der Waals surface area contributed by atoms with Crippen LogP contribution in [0, 0.1) is 0 Å². The summed E-state index contributed by atoms with van der Waals surface area (Å²) in [4.78, 5) is 11.1. The van der Waals surface area contributed by atoms with Crippen LogP contribution in [0.3, 0.4) is 0 Å². The van der Waals surface area contributed by atoms with E-state index in [1.807, 2.05) is 36.4 Å². The molecule has 0 saturated heterocycles. The molecule has 2 nitrogen and oxygen atoms in total. The van der Waals surface area contributed by atoms with Gasteiger partial charge in [-0.15, -0.1) is 12.4 Å². The minimum absolute atomic E-state index is 0. The van der Waals surface area contributed by atoms with E-state index in [1.54, 1.807) is 0 Å². The van der Waals surface area contributed by atoms with Gasteiger partial charge in [0.1, 0.15) is 0 Å². The molecule has 0 atom stereocenters. The third-order valence-electron chi connectivity index (χ3n) is 1.84. The van der Waals surface area contributed by atoms with Crippen molar-refractivity contribution in [3.05, 3.63) is 35.9 Å². The molecule has 0 saturated carbocycles. The van der Waals surface area contributed by atoms with Crippen LogP contribution in [0.25, 0.3) is 6.08 Å². The van der Waals surface area contributed by atoms with Crippen molar-refractivity contribution in [1.29, 1.82) is 0 Å². The number of rotatable bonds is 0. The van der Waals surface area contributed by atoms with Gasteiger partial charge in [0.05, 0.1) is 0 Å². The Morgan fingerprint density at radius 1 is 1.23 bits per heavy atom. The monoisotopic (exact) mass is 195 g/mol. The second-order valence-electron chi connectivity index (χ2n) is 2.74.